The highest BCUT2D eigenvalue weighted by Gasteiger charge is 2.19. The van der Waals surface area contributed by atoms with Gasteiger partial charge in [-0.15, -0.1) is 0 Å². The second-order valence-electron chi connectivity index (χ2n) is 5.21. The number of nitrogens with zero attached hydrogens (tertiary/aromatic N) is 2. The summed E-state index contributed by atoms with van der Waals surface area (Å²) in [5.74, 6) is 0.891. The van der Waals surface area contributed by atoms with Crippen molar-refractivity contribution in [1.82, 2.24) is 9.97 Å². The summed E-state index contributed by atoms with van der Waals surface area (Å²) in [5, 5.41) is 13.0. The van der Waals surface area contributed by atoms with Crippen molar-refractivity contribution in [1.29, 1.82) is 0 Å². The number of fused-ring (bicyclic) bond motifs is 1. The van der Waals surface area contributed by atoms with Gasteiger partial charge in [0.15, 0.2) is 0 Å². The summed E-state index contributed by atoms with van der Waals surface area (Å²) in [6.45, 7) is 0.0909. The van der Waals surface area contributed by atoms with Gasteiger partial charge < -0.3 is 10.4 Å². The van der Waals surface area contributed by atoms with Crippen LogP contribution in [0.5, 0.6) is 0 Å². The number of hydrogen-bond acceptors (Lipinski definition) is 4. The predicted molar refractivity (Wildman–Crippen MR) is 78.7 cm³/mol. The van der Waals surface area contributed by atoms with Gasteiger partial charge in [-0.25, -0.2) is 9.97 Å². The van der Waals surface area contributed by atoms with Gasteiger partial charge in [-0.05, 0) is 31.2 Å². The Morgan fingerprint density at radius 1 is 1.15 bits per heavy atom. The summed E-state index contributed by atoms with van der Waals surface area (Å²) < 4.78 is 0. The number of aromatic nitrogens is 2. The van der Waals surface area contributed by atoms with Crippen LogP contribution < -0.4 is 5.32 Å². The molecule has 104 valence electrons. The lowest BCUT2D eigenvalue weighted by atomic mass is 10.1. The van der Waals surface area contributed by atoms with Gasteiger partial charge in [-0.2, -0.15) is 0 Å². The van der Waals surface area contributed by atoms with Crippen LogP contribution in [0.4, 0.5) is 5.82 Å². The molecule has 1 unspecified atom stereocenters. The summed E-state index contributed by atoms with van der Waals surface area (Å²) in [7, 11) is 0. The second-order valence-corrected chi connectivity index (χ2v) is 5.21. The number of rotatable bonds is 5. The van der Waals surface area contributed by atoms with Gasteiger partial charge in [0.05, 0.1) is 12.6 Å². The number of benzene rings is 1. The molecule has 2 aromatic rings. The molecule has 0 saturated carbocycles. The Morgan fingerprint density at radius 2 is 2.00 bits per heavy atom. The average Bonchev–Trinajstić information content (AvgIpc) is 2.97. The van der Waals surface area contributed by atoms with E-state index < -0.39 is 0 Å². The highest BCUT2D eigenvalue weighted by atomic mass is 16.3. The van der Waals surface area contributed by atoms with Gasteiger partial charge in [-0.3, -0.25) is 0 Å². The largest absolute Gasteiger partial charge is 0.394 e. The first-order valence-electron chi connectivity index (χ1n) is 7.11. The van der Waals surface area contributed by atoms with Crippen molar-refractivity contribution in [2.24, 2.45) is 0 Å². The Morgan fingerprint density at radius 3 is 2.80 bits per heavy atom. The monoisotopic (exact) mass is 269 g/mol. The smallest absolute Gasteiger partial charge is 0.133 e. The van der Waals surface area contributed by atoms with E-state index in [1.165, 1.54) is 11.1 Å². The van der Waals surface area contributed by atoms with Crippen molar-refractivity contribution in [3.05, 3.63) is 53.5 Å². The second kappa shape index (κ2) is 6.01. The number of aliphatic hydroxyl groups is 1. The molecular formula is C16H19N3O. The Hall–Kier alpha value is -1.94. The third-order valence-electron chi connectivity index (χ3n) is 3.76. The molecule has 1 atom stereocenters. The van der Waals surface area contributed by atoms with Crippen LogP contribution in [0.1, 0.15) is 23.2 Å². The van der Waals surface area contributed by atoms with E-state index in [0.717, 1.165) is 37.2 Å². The van der Waals surface area contributed by atoms with Gasteiger partial charge in [0.1, 0.15) is 12.1 Å². The molecule has 0 fully saturated rings. The van der Waals surface area contributed by atoms with E-state index in [2.05, 4.69) is 27.4 Å². The first-order chi connectivity index (χ1) is 9.86. The number of hydrogen-bond donors (Lipinski definition) is 2. The fourth-order valence-electron chi connectivity index (χ4n) is 2.74. The summed E-state index contributed by atoms with van der Waals surface area (Å²) in [4.78, 5) is 8.67. The third-order valence-corrected chi connectivity index (χ3v) is 3.76. The normalized spacial score (nSPS) is 14.8. The van der Waals surface area contributed by atoms with Gasteiger partial charge >= 0.3 is 0 Å². The Balaban J connectivity index is 1.74. The molecule has 1 aromatic heterocycles. The molecule has 3 rings (SSSR count). The zero-order chi connectivity index (χ0) is 13.8. The molecule has 2 N–H and O–H groups in total. The lowest BCUT2D eigenvalue weighted by Crippen LogP contribution is -2.27. The van der Waals surface area contributed by atoms with Crippen molar-refractivity contribution >= 4 is 5.82 Å². The van der Waals surface area contributed by atoms with Crippen molar-refractivity contribution in [3.63, 3.8) is 0 Å². The van der Waals surface area contributed by atoms with E-state index in [1.807, 2.05) is 18.2 Å². The lowest BCUT2D eigenvalue weighted by Gasteiger charge is -2.18. The van der Waals surface area contributed by atoms with Crippen LogP contribution in [0.3, 0.4) is 0 Å². The number of nitrogens with one attached hydrogen (secondary N) is 1. The van der Waals surface area contributed by atoms with E-state index in [9.17, 15) is 5.11 Å². The third kappa shape index (κ3) is 2.80. The molecule has 4 heteroatoms. The van der Waals surface area contributed by atoms with Crippen LogP contribution in [0, 0.1) is 0 Å². The van der Waals surface area contributed by atoms with Crippen LogP contribution in [0.25, 0.3) is 0 Å². The van der Waals surface area contributed by atoms with Crippen LogP contribution in [0.15, 0.2) is 36.7 Å². The molecule has 1 heterocycles. The first-order valence-corrected chi connectivity index (χ1v) is 7.11. The van der Waals surface area contributed by atoms with E-state index in [0.29, 0.717) is 0 Å². The van der Waals surface area contributed by atoms with Crippen LogP contribution >= 0.6 is 0 Å². The lowest BCUT2D eigenvalue weighted by molar-refractivity contribution is 0.273. The molecule has 0 radical (unpaired) electrons. The topological polar surface area (TPSA) is 58.0 Å². The minimum absolute atomic E-state index is 0.0167. The number of aryl methyl sites for hydroxylation is 1. The van der Waals surface area contributed by atoms with E-state index >= 15 is 0 Å². The summed E-state index contributed by atoms with van der Waals surface area (Å²) in [5.41, 5.74) is 3.59. The van der Waals surface area contributed by atoms with E-state index in [4.69, 9.17) is 0 Å². The fourth-order valence-corrected chi connectivity index (χ4v) is 2.74. The van der Waals surface area contributed by atoms with Crippen molar-refractivity contribution in [2.75, 3.05) is 11.9 Å². The molecular weight excluding hydrogens is 250 g/mol. The maximum absolute atomic E-state index is 9.59. The van der Waals surface area contributed by atoms with E-state index in [-0.39, 0.29) is 12.6 Å². The standard InChI is InChI=1S/C16H19N3O/c20-10-13(9-12-5-2-1-3-6-12)19-16-14-7-4-8-15(14)17-11-18-16/h1-3,5-6,11,13,20H,4,7-10H2,(H,17,18,19). The molecule has 4 nitrogen and oxygen atoms in total. The summed E-state index contributed by atoms with van der Waals surface area (Å²) in [6, 6.07) is 10.2. The van der Waals surface area contributed by atoms with Gasteiger partial charge in [0.25, 0.3) is 0 Å². The minimum Gasteiger partial charge on any atom is -0.394 e. The molecule has 0 saturated heterocycles. The van der Waals surface area contributed by atoms with Crippen molar-refractivity contribution < 1.29 is 5.11 Å². The first kappa shape index (κ1) is 13.1. The average molecular weight is 269 g/mol. The van der Waals surface area contributed by atoms with Gasteiger partial charge in [0.2, 0.25) is 0 Å². The molecule has 20 heavy (non-hydrogen) atoms. The fraction of sp³-hybridized carbons (Fsp3) is 0.375. The molecule has 0 amide bonds. The van der Waals surface area contributed by atoms with Crippen LogP contribution in [-0.2, 0) is 19.3 Å². The van der Waals surface area contributed by atoms with E-state index in [1.54, 1.807) is 6.33 Å². The molecule has 0 spiro atoms. The Kier molecular flexibility index (Phi) is 3.92. The molecule has 0 aliphatic heterocycles. The maximum Gasteiger partial charge on any atom is 0.133 e. The predicted octanol–water partition coefficient (Wildman–Crippen LogP) is 1.98. The Bertz CT molecular complexity index is 571. The number of anilines is 1. The summed E-state index contributed by atoms with van der Waals surface area (Å²) >= 11 is 0. The van der Waals surface area contributed by atoms with Gasteiger partial charge in [-0.1, -0.05) is 30.3 Å². The summed E-state index contributed by atoms with van der Waals surface area (Å²) in [6.07, 6.45) is 5.61. The van der Waals surface area contributed by atoms with Crippen molar-refractivity contribution in [2.45, 2.75) is 31.7 Å². The Labute approximate surface area is 118 Å². The molecule has 1 aliphatic carbocycles. The minimum atomic E-state index is -0.0167. The molecule has 1 aromatic carbocycles. The number of aliphatic hydroxyl groups excluding tert-OH is 1. The van der Waals surface area contributed by atoms with Gasteiger partial charge in [0, 0.05) is 11.3 Å². The quantitative estimate of drug-likeness (QED) is 0.871. The zero-order valence-electron chi connectivity index (χ0n) is 11.4. The highest BCUT2D eigenvalue weighted by Crippen LogP contribution is 2.25. The van der Waals surface area contributed by atoms with Crippen LogP contribution in [-0.4, -0.2) is 27.7 Å². The highest BCUT2D eigenvalue weighted by molar-refractivity contribution is 5.48. The van der Waals surface area contributed by atoms with Crippen LogP contribution in [0.2, 0.25) is 0 Å². The SMILES string of the molecule is OCC(Cc1ccccc1)Nc1ncnc2c1CCC2. The molecule has 1 aliphatic rings. The maximum atomic E-state index is 9.59. The van der Waals surface area contributed by atoms with Crippen molar-refractivity contribution in [3.8, 4) is 0 Å². The zero-order valence-corrected chi connectivity index (χ0v) is 11.4. The molecule has 0 bridgehead atoms.